The normalized spacial score (nSPS) is 15.4. The van der Waals surface area contributed by atoms with Crippen molar-refractivity contribution in [3.8, 4) is 0 Å². The Labute approximate surface area is 81.9 Å². The average molecular weight is 195 g/mol. The molecule has 1 aromatic heterocycles. The number of carboxylic acid groups (broad SMARTS) is 1. The molecule has 5 heteroatoms. The predicted octanol–water partition coefficient (Wildman–Crippen LogP) is 0.501. The van der Waals surface area contributed by atoms with Crippen LogP contribution in [0.3, 0.4) is 0 Å². The summed E-state index contributed by atoms with van der Waals surface area (Å²) in [6.45, 7) is 0.902. The van der Waals surface area contributed by atoms with Crippen molar-refractivity contribution in [3.05, 3.63) is 11.4 Å². The molecule has 5 nitrogen and oxygen atoms in total. The molecule has 0 aliphatic carbocycles. The van der Waals surface area contributed by atoms with Gasteiger partial charge in [0.2, 0.25) is 0 Å². The van der Waals surface area contributed by atoms with Crippen LogP contribution in [0.25, 0.3) is 0 Å². The number of carbonyl (C=O) groups is 1. The highest BCUT2D eigenvalue weighted by Gasteiger charge is 2.26. The summed E-state index contributed by atoms with van der Waals surface area (Å²) in [5.41, 5.74) is 1.98. The fourth-order valence-corrected chi connectivity index (χ4v) is 1.97. The molecule has 0 unspecified atom stereocenters. The van der Waals surface area contributed by atoms with Crippen molar-refractivity contribution in [2.75, 3.05) is 18.5 Å². The van der Waals surface area contributed by atoms with Gasteiger partial charge in [0.25, 0.3) is 0 Å². The highest BCUT2D eigenvalue weighted by atomic mass is 16.4. The van der Waals surface area contributed by atoms with Crippen molar-refractivity contribution in [1.82, 2.24) is 9.78 Å². The van der Waals surface area contributed by atoms with Crippen LogP contribution in [0.4, 0.5) is 5.69 Å². The number of hydrogen-bond donors (Lipinski definition) is 1. The second kappa shape index (κ2) is 3.01. The Kier molecular flexibility index (Phi) is 1.94. The lowest BCUT2D eigenvalue weighted by molar-refractivity contribution is 0.0690. The molecule has 0 radical (unpaired) electrons. The van der Waals surface area contributed by atoms with Crippen molar-refractivity contribution in [2.24, 2.45) is 7.05 Å². The van der Waals surface area contributed by atoms with E-state index in [1.165, 1.54) is 0 Å². The molecule has 1 aromatic rings. The SMILES string of the molecule is CN1CCCc2c1c(C(=O)O)nn2C. The number of nitrogens with zero attached hydrogens (tertiary/aromatic N) is 3. The van der Waals surface area contributed by atoms with E-state index in [9.17, 15) is 4.79 Å². The van der Waals surface area contributed by atoms with Gasteiger partial charge in [-0.2, -0.15) is 5.10 Å². The first-order valence-electron chi connectivity index (χ1n) is 4.61. The van der Waals surface area contributed by atoms with Crippen molar-refractivity contribution in [2.45, 2.75) is 12.8 Å². The van der Waals surface area contributed by atoms with Crippen molar-refractivity contribution < 1.29 is 9.90 Å². The summed E-state index contributed by atoms with van der Waals surface area (Å²) in [6, 6.07) is 0. The number of aromatic nitrogens is 2. The van der Waals surface area contributed by atoms with E-state index in [1.54, 1.807) is 11.7 Å². The molecule has 0 saturated heterocycles. The number of rotatable bonds is 1. The topological polar surface area (TPSA) is 58.4 Å². The zero-order valence-electron chi connectivity index (χ0n) is 8.32. The van der Waals surface area contributed by atoms with E-state index in [0.717, 1.165) is 30.8 Å². The molecule has 14 heavy (non-hydrogen) atoms. The minimum Gasteiger partial charge on any atom is -0.476 e. The number of fused-ring (bicyclic) bond motifs is 1. The molecule has 1 aliphatic rings. The third kappa shape index (κ3) is 1.16. The smallest absolute Gasteiger partial charge is 0.358 e. The molecule has 1 N–H and O–H groups in total. The monoisotopic (exact) mass is 195 g/mol. The highest BCUT2D eigenvalue weighted by Crippen LogP contribution is 2.29. The maximum Gasteiger partial charge on any atom is 0.358 e. The summed E-state index contributed by atoms with van der Waals surface area (Å²) in [6.07, 6.45) is 1.97. The largest absolute Gasteiger partial charge is 0.476 e. The lowest BCUT2D eigenvalue weighted by Crippen LogP contribution is -2.26. The van der Waals surface area contributed by atoms with Gasteiger partial charge in [-0.25, -0.2) is 4.79 Å². The van der Waals surface area contributed by atoms with Gasteiger partial charge in [0.1, 0.15) is 0 Å². The molecule has 0 bridgehead atoms. The van der Waals surface area contributed by atoms with E-state index in [1.807, 2.05) is 11.9 Å². The summed E-state index contributed by atoms with van der Waals surface area (Å²) in [5.74, 6) is -0.949. The summed E-state index contributed by atoms with van der Waals surface area (Å²) >= 11 is 0. The van der Waals surface area contributed by atoms with Gasteiger partial charge in [0.05, 0.1) is 11.4 Å². The lowest BCUT2D eigenvalue weighted by Gasteiger charge is -2.24. The van der Waals surface area contributed by atoms with Gasteiger partial charge in [-0.05, 0) is 12.8 Å². The fraction of sp³-hybridized carbons (Fsp3) is 0.556. The van der Waals surface area contributed by atoms with Gasteiger partial charge in [0.15, 0.2) is 5.69 Å². The van der Waals surface area contributed by atoms with Gasteiger partial charge < -0.3 is 10.0 Å². The van der Waals surface area contributed by atoms with Gasteiger partial charge in [0, 0.05) is 20.6 Å². The third-order valence-electron chi connectivity index (χ3n) is 2.63. The molecular weight excluding hydrogens is 182 g/mol. The summed E-state index contributed by atoms with van der Waals surface area (Å²) in [5, 5.41) is 13.0. The van der Waals surface area contributed by atoms with Crippen LogP contribution in [-0.2, 0) is 13.5 Å². The lowest BCUT2D eigenvalue weighted by atomic mass is 10.1. The summed E-state index contributed by atoms with van der Waals surface area (Å²) < 4.78 is 1.68. The fourth-order valence-electron chi connectivity index (χ4n) is 1.97. The molecule has 0 atom stereocenters. The Morgan fingerprint density at radius 1 is 1.50 bits per heavy atom. The maximum atomic E-state index is 10.9. The van der Waals surface area contributed by atoms with Crippen LogP contribution in [-0.4, -0.2) is 34.4 Å². The molecule has 76 valence electrons. The zero-order valence-corrected chi connectivity index (χ0v) is 8.32. The Hall–Kier alpha value is -1.52. The van der Waals surface area contributed by atoms with Gasteiger partial charge in [-0.15, -0.1) is 0 Å². The molecular formula is C9H13N3O2. The van der Waals surface area contributed by atoms with Gasteiger partial charge in [-0.3, -0.25) is 4.68 Å². The first-order chi connectivity index (χ1) is 6.61. The molecule has 2 rings (SSSR count). The van der Waals surface area contributed by atoms with Crippen LogP contribution in [0.2, 0.25) is 0 Å². The predicted molar refractivity (Wildman–Crippen MR) is 51.8 cm³/mol. The first-order valence-corrected chi connectivity index (χ1v) is 4.61. The van der Waals surface area contributed by atoms with Crippen molar-refractivity contribution in [1.29, 1.82) is 0 Å². The zero-order chi connectivity index (χ0) is 10.3. The number of anilines is 1. The highest BCUT2D eigenvalue weighted by molar-refractivity contribution is 5.93. The second-order valence-corrected chi connectivity index (χ2v) is 3.60. The number of hydrogen-bond acceptors (Lipinski definition) is 3. The minimum absolute atomic E-state index is 0.171. The van der Waals surface area contributed by atoms with Crippen molar-refractivity contribution >= 4 is 11.7 Å². The molecule has 1 aliphatic heterocycles. The standard InChI is InChI=1S/C9H13N3O2/c1-11-5-3-4-6-8(11)7(9(13)14)10-12(6)2/h3-5H2,1-2H3,(H,13,14). The van der Waals surface area contributed by atoms with E-state index in [4.69, 9.17) is 5.11 Å². The Morgan fingerprint density at radius 2 is 2.21 bits per heavy atom. The van der Waals surface area contributed by atoms with Crippen molar-refractivity contribution in [3.63, 3.8) is 0 Å². The Morgan fingerprint density at radius 3 is 2.86 bits per heavy atom. The van der Waals surface area contributed by atoms with Gasteiger partial charge in [-0.1, -0.05) is 0 Å². The quantitative estimate of drug-likeness (QED) is 0.709. The average Bonchev–Trinajstić information content (AvgIpc) is 2.46. The molecule has 0 saturated carbocycles. The summed E-state index contributed by atoms with van der Waals surface area (Å²) in [4.78, 5) is 12.9. The first kappa shape index (κ1) is 9.05. The Balaban J connectivity index is 2.59. The van der Waals surface area contributed by atoms with E-state index < -0.39 is 5.97 Å². The molecule has 0 aromatic carbocycles. The van der Waals surface area contributed by atoms with Gasteiger partial charge >= 0.3 is 5.97 Å². The third-order valence-corrected chi connectivity index (χ3v) is 2.63. The van der Waals surface area contributed by atoms with Crippen LogP contribution >= 0.6 is 0 Å². The van der Waals surface area contributed by atoms with Crippen LogP contribution < -0.4 is 4.90 Å². The number of aryl methyl sites for hydroxylation is 1. The molecule has 0 fully saturated rings. The van der Waals surface area contributed by atoms with E-state index in [0.29, 0.717) is 0 Å². The second-order valence-electron chi connectivity index (χ2n) is 3.60. The van der Waals surface area contributed by atoms with Crippen LogP contribution in [0.5, 0.6) is 0 Å². The molecule has 0 spiro atoms. The molecule has 0 amide bonds. The van der Waals surface area contributed by atoms with Crippen LogP contribution in [0.1, 0.15) is 22.6 Å². The minimum atomic E-state index is -0.949. The van der Waals surface area contributed by atoms with E-state index in [2.05, 4.69) is 5.10 Å². The molecule has 2 heterocycles. The van der Waals surface area contributed by atoms with Crippen LogP contribution in [0, 0.1) is 0 Å². The van der Waals surface area contributed by atoms with E-state index in [-0.39, 0.29) is 5.69 Å². The Bertz CT molecular complexity index is 384. The number of carboxylic acids is 1. The van der Waals surface area contributed by atoms with E-state index >= 15 is 0 Å². The van der Waals surface area contributed by atoms with Crippen LogP contribution in [0.15, 0.2) is 0 Å². The number of aromatic carboxylic acids is 1. The maximum absolute atomic E-state index is 10.9. The summed E-state index contributed by atoms with van der Waals surface area (Å²) in [7, 11) is 3.70.